The largest absolute Gasteiger partial charge is 0.420 e. The van der Waals surface area contributed by atoms with Crippen molar-refractivity contribution in [2.75, 3.05) is 13.1 Å². The van der Waals surface area contributed by atoms with Gasteiger partial charge in [-0.1, -0.05) is 17.7 Å². The Bertz CT molecular complexity index is 855. The summed E-state index contributed by atoms with van der Waals surface area (Å²) < 4.78 is 5.86. The molecular weight excluding hydrogens is 334 g/mol. The van der Waals surface area contributed by atoms with Crippen molar-refractivity contribution < 1.29 is 9.21 Å². The van der Waals surface area contributed by atoms with E-state index in [4.69, 9.17) is 4.42 Å². The molecule has 6 heteroatoms. The lowest BCUT2D eigenvalue weighted by atomic mass is 9.97. The summed E-state index contributed by atoms with van der Waals surface area (Å²) in [5.74, 6) is 1.35. The number of thiophene rings is 1. The third-order valence-electron chi connectivity index (χ3n) is 4.57. The van der Waals surface area contributed by atoms with Crippen LogP contribution in [0, 0.1) is 6.92 Å². The van der Waals surface area contributed by atoms with E-state index < -0.39 is 0 Å². The number of benzene rings is 1. The standard InChI is InChI=1S/C19H19N3O2S/c1-13-4-6-14(7-5-13)19(23)22-9-2-3-15(11-22)17-20-21-18(24-17)16-8-10-25-12-16/h4-8,10,12,15H,2-3,9,11H2,1H3. The van der Waals surface area contributed by atoms with Gasteiger partial charge in [-0.2, -0.15) is 11.3 Å². The van der Waals surface area contributed by atoms with Crippen LogP contribution in [0.15, 0.2) is 45.5 Å². The molecule has 0 N–H and O–H groups in total. The number of piperidine rings is 1. The molecule has 128 valence electrons. The molecule has 5 nitrogen and oxygen atoms in total. The third-order valence-corrected chi connectivity index (χ3v) is 5.25. The van der Waals surface area contributed by atoms with Crippen molar-refractivity contribution in [1.82, 2.24) is 15.1 Å². The Kier molecular flexibility index (Phi) is 4.36. The van der Waals surface area contributed by atoms with E-state index in [1.54, 1.807) is 11.3 Å². The molecule has 0 radical (unpaired) electrons. The normalized spacial score (nSPS) is 17.6. The summed E-state index contributed by atoms with van der Waals surface area (Å²) in [7, 11) is 0. The Morgan fingerprint density at radius 3 is 2.84 bits per heavy atom. The number of aromatic nitrogens is 2. The van der Waals surface area contributed by atoms with Gasteiger partial charge >= 0.3 is 0 Å². The molecular formula is C19H19N3O2S. The van der Waals surface area contributed by atoms with E-state index in [1.165, 1.54) is 0 Å². The molecule has 1 fully saturated rings. The average Bonchev–Trinajstić information content (AvgIpc) is 3.33. The predicted molar refractivity (Wildman–Crippen MR) is 96.7 cm³/mol. The molecule has 1 saturated heterocycles. The quantitative estimate of drug-likeness (QED) is 0.710. The van der Waals surface area contributed by atoms with Gasteiger partial charge in [-0.3, -0.25) is 4.79 Å². The molecule has 3 aromatic rings. The van der Waals surface area contributed by atoms with E-state index in [2.05, 4.69) is 10.2 Å². The summed E-state index contributed by atoms with van der Waals surface area (Å²) in [6.45, 7) is 3.42. The maximum Gasteiger partial charge on any atom is 0.253 e. The monoisotopic (exact) mass is 353 g/mol. The minimum Gasteiger partial charge on any atom is -0.420 e. The van der Waals surface area contributed by atoms with Gasteiger partial charge in [0.2, 0.25) is 11.8 Å². The van der Waals surface area contributed by atoms with Gasteiger partial charge in [0.15, 0.2) is 0 Å². The van der Waals surface area contributed by atoms with Crippen molar-refractivity contribution >= 4 is 17.2 Å². The zero-order valence-electron chi connectivity index (χ0n) is 14.0. The fourth-order valence-electron chi connectivity index (χ4n) is 3.14. The van der Waals surface area contributed by atoms with Crippen molar-refractivity contribution in [3.8, 4) is 11.5 Å². The van der Waals surface area contributed by atoms with E-state index in [-0.39, 0.29) is 11.8 Å². The fourth-order valence-corrected chi connectivity index (χ4v) is 3.77. The number of rotatable bonds is 3. The number of carbonyl (C=O) groups excluding carboxylic acids is 1. The number of hydrogen-bond acceptors (Lipinski definition) is 5. The van der Waals surface area contributed by atoms with E-state index in [0.717, 1.165) is 36.1 Å². The summed E-state index contributed by atoms with van der Waals surface area (Å²) in [6, 6.07) is 9.70. The van der Waals surface area contributed by atoms with Crippen LogP contribution in [0.4, 0.5) is 0 Å². The molecule has 1 amide bonds. The van der Waals surface area contributed by atoms with Gasteiger partial charge < -0.3 is 9.32 Å². The van der Waals surface area contributed by atoms with Gasteiger partial charge in [0.1, 0.15) is 0 Å². The highest BCUT2D eigenvalue weighted by atomic mass is 32.1. The van der Waals surface area contributed by atoms with Crippen LogP contribution in [0.25, 0.3) is 11.5 Å². The summed E-state index contributed by atoms with van der Waals surface area (Å²) in [5, 5.41) is 12.4. The molecule has 1 atom stereocenters. The topological polar surface area (TPSA) is 59.2 Å². The first-order valence-corrected chi connectivity index (χ1v) is 9.37. The molecule has 1 unspecified atom stereocenters. The number of hydrogen-bond donors (Lipinski definition) is 0. The van der Waals surface area contributed by atoms with Gasteiger partial charge in [-0.05, 0) is 43.3 Å². The molecule has 0 spiro atoms. The maximum atomic E-state index is 12.7. The second-order valence-corrected chi connectivity index (χ2v) is 7.19. The average molecular weight is 353 g/mol. The van der Waals surface area contributed by atoms with Gasteiger partial charge in [0, 0.05) is 29.6 Å². The van der Waals surface area contributed by atoms with E-state index in [0.29, 0.717) is 18.3 Å². The SMILES string of the molecule is Cc1ccc(C(=O)N2CCCC(c3nnc(-c4ccsc4)o3)C2)cc1. The maximum absolute atomic E-state index is 12.7. The van der Waals surface area contributed by atoms with Crippen molar-refractivity contribution in [3.05, 3.63) is 58.1 Å². The fraction of sp³-hybridized carbons (Fsp3) is 0.316. The van der Waals surface area contributed by atoms with Gasteiger partial charge in [-0.15, -0.1) is 10.2 Å². The lowest BCUT2D eigenvalue weighted by Crippen LogP contribution is -2.39. The Morgan fingerprint density at radius 2 is 2.08 bits per heavy atom. The summed E-state index contributed by atoms with van der Waals surface area (Å²) >= 11 is 1.60. The minimum absolute atomic E-state index is 0.0715. The zero-order chi connectivity index (χ0) is 17.2. The predicted octanol–water partition coefficient (Wildman–Crippen LogP) is 4.13. The Hall–Kier alpha value is -2.47. The van der Waals surface area contributed by atoms with Crippen molar-refractivity contribution in [1.29, 1.82) is 0 Å². The van der Waals surface area contributed by atoms with Gasteiger partial charge in [0.25, 0.3) is 5.91 Å². The molecule has 3 heterocycles. The van der Waals surface area contributed by atoms with Crippen LogP contribution in [0.3, 0.4) is 0 Å². The molecule has 1 aliphatic heterocycles. The molecule has 0 saturated carbocycles. The Labute approximate surface area is 150 Å². The van der Waals surface area contributed by atoms with Gasteiger partial charge in [-0.25, -0.2) is 0 Å². The van der Waals surface area contributed by atoms with Crippen LogP contribution in [0.1, 0.15) is 40.6 Å². The van der Waals surface area contributed by atoms with Crippen LogP contribution in [-0.2, 0) is 0 Å². The molecule has 2 aromatic heterocycles. The van der Waals surface area contributed by atoms with Gasteiger partial charge in [0.05, 0.1) is 5.92 Å². The highest BCUT2D eigenvalue weighted by Gasteiger charge is 2.29. The molecule has 1 aromatic carbocycles. The molecule has 1 aliphatic rings. The second kappa shape index (κ2) is 6.80. The van der Waals surface area contributed by atoms with Crippen LogP contribution >= 0.6 is 11.3 Å². The number of aryl methyl sites for hydroxylation is 1. The number of carbonyl (C=O) groups is 1. The zero-order valence-corrected chi connectivity index (χ0v) is 14.8. The first-order chi connectivity index (χ1) is 12.2. The summed E-state index contributed by atoms with van der Waals surface area (Å²) in [5.41, 5.74) is 2.84. The lowest BCUT2D eigenvalue weighted by Gasteiger charge is -2.31. The summed E-state index contributed by atoms with van der Waals surface area (Å²) in [6.07, 6.45) is 1.90. The molecule has 0 aliphatic carbocycles. The Morgan fingerprint density at radius 1 is 1.24 bits per heavy atom. The van der Waals surface area contributed by atoms with Crippen molar-refractivity contribution in [3.63, 3.8) is 0 Å². The number of nitrogens with zero attached hydrogens (tertiary/aromatic N) is 3. The van der Waals surface area contributed by atoms with Crippen LogP contribution in [-0.4, -0.2) is 34.1 Å². The van der Waals surface area contributed by atoms with Crippen molar-refractivity contribution in [2.24, 2.45) is 0 Å². The number of likely N-dealkylation sites (tertiary alicyclic amines) is 1. The Balaban J connectivity index is 1.49. The van der Waals surface area contributed by atoms with Crippen LogP contribution in [0.5, 0.6) is 0 Å². The lowest BCUT2D eigenvalue weighted by molar-refractivity contribution is 0.0698. The van der Waals surface area contributed by atoms with E-state index in [9.17, 15) is 4.79 Å². The molecule has 0 bridgehead atoms. The molecule has 4 rings (SSSR count). The minimum atomic E-state index is 0.0715. The first-order valence-electron chi connectivity index (χ1n) is 8.42. The highest BCUT2D eigenvalue weighted by molar-refractivity contribution is 7.08. The first kappa shape index (κ1) is 16.0. The third kappa shape index (κ3) is 3.35. The smallest absolute Gasteiger partial charge is 0.253 e. The van der Waals surface area contributed by atoms with Crippen LogP contribution < -0.4 is 0 Å². The summed E-state index contributed by atoms with van der Waals surface area (Å²) in [4.78, 5) is 14.6. The van der Waals surface area contributed by atoms with Crippen molar-refractivity contribution in [2.45, 2.75) is 25.7 Å². The van der Waals surface area contributed by atoms with E-state index >= 15 is 0 Å². The number of amides is 1. The van der Waals surface area contributed by atoms with E-state index in [1.807, 2.05) is 52.9 Å². The van der Waals surface area contributed by atoms with Crippen LogP contribution in [0.2, 0.25) is 0 Å². The molecule has 25 heavy (non-hydrogen) atoms. The second-order valence-electron chi connectivity index (χ2n) is 6.41. The highest BCUT2D eigenvalue weighted by Crippen LogP contribution is 2.29.